The Labute approximate surface area is 120 Å². The zero-order chi connectivity index (χ0) is 14.6. The molecule has 0 aromatic rings. The van der Waals surface area contributed by atoms with Gasteiger partial charge in [-0.2, -0.15) is 0 Å². The molecule has 0 aliphatic heterocycles. The van der Waals surface area contributed by atoms with Crippen molar-refractivity contribution in [3.05, 3.63) is 11.9 Å². The van der Waals surface area contributed by atoms with Crippen LogP contribution in [0.15, 0.2) is 11.9 Å². The van der Waals surface area contributed by atoms with E-state index in [1.54, 1.807) is 5.82 Å². The summed E-state index contributed by atoms with van der Waals surface area (Å²) in [4.78, 5) is 0. The van der Waals surface area contributed by atoms with Gasteiger partial charge in [-0.05, 0) is 23.5 Å². The van der Waals surface area contributed by atoms with Crippen molar-refractivity contribution < 1.29 is 13.6 Å². The minimum atomic E-state index is -1.60. The van der Waals surface area contributed by atoms with Crippen LogP contribution in [0.25, 0.3) is 0 Å². The van der Waals surface area contributed by atoms with Crippen molar-refractivity contribution in [2.24, 2.45) is 0 Å². The number of hydrogen-bond acceptors (Lipinski definition) is 2. The van der Waals surface area contributed by atoms with E-state index >= 15 is 0 Å². The third-order valence-electron chi connectivity index (χ3n) is 2.93. The zero-order valence-corrected chi connectivity index (χ0v) is 14.1. The van der Waals surface area contributed by atoms with Crippen LogP contribution in [0.1, 0.15) is 51.9 Å². The minimum absolute atomic E-state index is 0.556. The lowest BCUT2D eigenvalue weighted by Crippen LogP contribution is -2.37. The Hall–Kier alpha value is -0.240. The second-order valence-electron chi connectivity index (χ2n) is 6.07. The Bertz CT molecular complexity index is 259. The van der Waals surface area contributed by atoms with Gasteiger partial charge < -0.3 is 4.48 Å². The lowest BCUT2D eigenvalue weighted by atomic mass is 10.1. The first-order valence-electron chi connectivity index (χ1n) is 7.52. The molecule has 0 saturated carbocycles. The molecule has 0 rings (SSSR count). The van der Waals surface area contributed by atoms with Gasteiger partial charge in [0.15, 0.2) is 12.4 Å². The molecule has 4 heteroatoms. The molecule has 1 atom stereocenters. The normalized spacial score (nSPS) is 13.2. The van der Waals surface area contributed by atoms with Gasteiger partial charge >= 0.3 is 8.03 Å². The molecule has 112 valence electrons. The van der Waals surface area contributed by atoms with Crippen LogP contribution in [0.2, 0.25) is 0 Å². The molecule has 0 N–H and O–H groups in total. The van der Waals surface area contributed by atoms with Crippen LogP contribution < -0.4 is 0 Å². The first-order valence-corrected chi connectivity index (χ1v) is 8.77. The maximum Gasteiger partial charge on any atom is 0.540 e. The number of allylic oxidation sites excluding steroid dienone is 1. The molecule has 0 aromatic carbocycles. The van der Waals surface area contributed by atoms with E-state index in [0.29, 0.717) is 6.61 Å². The van der Waals surface area contributed by atoms with Crippen LogP contribution in [0, 0.1) is 0 Å². The number of quaternary nitrogens is 1. The van der Waals surface area contributed by atoms with Gasteiger partial charge in [-0.1, -0.05) is 39.0 Å². The van der Waals surface area contributed by atoms with Crippen LogP contribution in [0.5, 0.6) is 0 Å². The molecule has 0 spiro atoms. The summed E-state index contributed by atoms with van der Waals surface area (Å²) in [6.07, 6.45) is 10.8. The van der Waals surface area contributed by atoms with Crippen molar-refractivity contribution in [3.63, 3.8) is 0 Å². The monoisotopic (exact) mass is 289 g/mol. The summed E-state index contributed by atoms with van der Waals surface area (Å²) in [5.41, 5.74) is 0. The summed E-state index contributed by atoms with van der Waals surface area (Å²) in [5.74, 6) is 1.72. The van der Waals surface area contributed by atoms with Crippen molar-refractivity contribution in [2.75, 3.05) is 34.3 Å². The number of likely N-dealkylation sites (N-methyl/N-ethyl adjacent to an activating group) is 1. The Kier molecular flexibility index (Phi) is 11.4. The van der Waals surface area contributed by atoms with Gasteiger partial charge in [-0.3, -0.25) is 0 Å². The quantitative estimate of drug-likeness (QED) is 0.295. The number of hydrogen-bond donors (Lipinski definition) is 0. The highest BCUT2D eigenvalue weighted by Gasteiger charge is 2.15. The van der Waals surface area contributed by atoms with Crippen molar-refractivity contribution in [3.8, 4) is 0 Å². The van der Waals surface area contributed by atoms with Crippen molar-refractivity contribution in [1.82, 2.24) is 0 Å². The first-order chi connectivity index (χ1) is 8.95. The van der Waals surface area contributed by atoms with Crippen molar-refractivity contribution >= 4 is 8.03 Å². The van der Waals surface area contributed by atoms with Crippen LogP contribution in [-0.2, 0) is 9.09 Å². The van der Waals surface area contributed by atoms with E-state index in [-0.39, 0.29) is 0 Å². The molecule has 1 unspecified atom stereocenters. The predicted octanol–water partition coefficient (Wildman–Crippen LogP) is 4.72. The van der Waals surface area contributed by atoms with E-state index in [1.165, 1.54) is 38.5 Å². The summed E-state index contributed by atoms with van der Waals surface area (Å²) >= 11 is 0. The van der Waals surface area contributed by atoms with E-state index in [0.717, 1.165) is 17.4 Å². The summed E-state index contributed by atoms with van der Waals surface area (Å²) < 4.78 is 17.7. The highest BCUT2D eigenvalue weighted by molar-refractivity contribution is 7.42. The van der Waals surface area contributed by atoms with Gasteiger partial charge in [0.1, 0.15) is 6.54 Å². The summed E-state index contributed by atoms with van der Waals surface area (Å²) in [6.45, 7) is 3.67. The molecule has 0 saturated heterocycles. The molecular formula is C15H32NO2P+2. The van der Waals surface area contributed by atoms with E-state index in [9.17, 15) is 4.57 Å². The molecular weight excluding hydrogens is 257 g/mol. The first kappa shape index (κ1) is 18.8. The second kappa shape index (κ2) is 11.6. The highest BCUT2D eigenvalue weighted by atomic mass is 31.1. The predicted molar refractivity (Wildman–Crippen MR) is 83.6 cm³/mol. The summed E-state index contributed by atoms with van der Waals surface area (Å²) in [5, 5.41) is 0. The van der Waals surface area contributed by atoms with Gasteiger partial charge in [-0.15, -0.1) is 4.52 Å². The van der Waals surface area contributed by atoms with Gasteiger partial charge in [0.05, 0.1) is 21.1 Å². The molecule has 0 fully saturated rings. The maximum atomic E-state index is 11.5. The van der Waals surface area contributed by atoms with Gasteiger partial charge in [0.2, 0.25) is 0 Å². The van der Waals surface area contributed by atoms with Crippen LogP contribution in [0.4, 0.5) is 0 Å². The third kappa shape index (κ3) is 15.7. The van der Waals surface area contributed by atoms with Gasteiger partial charge in [0, 0.05) is 0 Å². The molecule has 0 bridgehead atoms. The highest BCUT2D eigenvalue weighted by Crippen LogP contribution is 2.24. The Morgan fingerprint density at radius 2 is 1.68 bits per heavy atom. The number of nitrogens with zero attached hydrogens (tertiary/aromatic N) is 1. The van der Waals surface area contributed by atoms with Crippen LogP contribution in [0.3, 0.4) is 0 Å². The molecule has 0 heterocycles. The smallest absolute Gasteiger partial charge is 0.329 e. The molecule has 0 radical (unpaired) electrons. The Morgan fingerprint density at radius 1 is 1.05 bits per heavy atom. The lowest BCUT2D eigenvalue weighted by molar-refractivity contribution is -0.870. The number of unbranched alkanes of at least 4 members (excludes halogenated alkanes) is 6. The minimum Gasteiger partial charge on any atom is -0.329 e. The van der Waals surface area contributed by atoms with Gasteiger partial charge in [-0.25, -0.2) is 0 Å². The molecule has 0 amide bonds. The zero-order valence-electron chi connectivity index (χ0n) is 13.2. The van der Waals surface area contributed by atoms with E-state index in [2.05, 4.69) is 28.1 Å². The average molecular weight is 289 g/mol. The van der Waals surface area contributed by atoms with E-state index in [4.69, 9.17) is 4.52 Å². The molecule has 0 aliphatic carbocycles. The number of rotatable bonds is 12. The Morgan fingerprint density at radius 3 is 2.32 bits per heavy atom. The van der Waals surface area contributed by atoms with Gasteiger partial charge in [0.25, 0.3) is 0 Å². The maximum absolute atomic E-state index is 11.5. The fourth-order valence-electron chi connectivity index (χ4n) is 1.65. The SMILES string of the molecule is CCCCCCCCC=C[P+](=O)OCC[N+](C)(C)C. The fourth-order valence-corrected chi connectivity index (χ4v) is 2.32. The Balaban J connectivity index is 3.42. The molecule has 3 nitrogen and oxygen atoms in total. The summed E-state index contributed by atoms with van der Waals surface area (Å²) in [6, 6.07) is 0. The van der Waals surface area contributed by atoms with Crippen molar-refractivity contribution in [1.29, 1.82) is 0 Å². The summed E-state index contributed by atoms with van der Waals surface area (Å²) in [7, 11) is 4.70. The van der Waals surface area contributed by atoms with Crippen molar-refractivity contribution in [2.45, 2.75) is 51.9 Å². The van der Waals surface area contributed by atoms with Crippen LogP contribution >= 0.6 is 8.03 Å². The standard InChI is InChI=1S/C15H32NO2P/c1-5-6-7-8-9-10-11-12-15-19(17)18-14-13-16(2,3)4/h12,15H,5-11,13-14H2,1-4H3/q+2. The fraction of sp³-hybridized carbons (Fsp3) is 0.867. The largest absolute Gasteiger partial charge is 0.540 e. The van der Waals surface area contributed by atoms with Crippen LogP contribution in [-0.4, -0.2) is 38.8 Å². The average Bonchev–Trinajstić information content (AvgIpc) is 2.31. The third-order valence-corrected chi connectivity index (χ3v) is 3.82. The molecule has 19 heavy (non-hydrogen) atoms. The lowest BCUT2D eigenvalue weighted by Gasteiger charge is -2.21. The van der Waals surface area contributed by atoms with E-state index in [1.807, 2.05) is 6.08 Å². The molecule has 0 aliphatic rings. The second-order valence-corrected chi connectivity index (χ2v) is 7.20. The molecule has 0 aromatic heterocycles. The van der Waals surface area contributed by atoms with E-state index < -0.39 is 8.03 Å². The topological polar surface area (TPSA) is 26.3 Å².